The van der Waals surface area contributed by atoms with Crippen molar-refractivity contribution in [1.82, 2.24) is 9.97 Å². The molecule has 112 valence electrons. The van der Waals surface area contributed by atoms with E-state index in [-0.39, 0.29) is 0 Å². The van der Waals surface area contributed by atoms with Gasteiger partial charge < -0.3 is 5.32 Å². The van der Waals surface area contributed by atoms with Crippen molar-refractivity contribution in [2.75, 3.05) is 17.7 Å². The first-order chi connectivity index (χ1) is 10.3. The van der Waals surface area contributed by atoms with Gasteiger partial charge in [0.25, 0.3) is 0 Å². The molecule has 1 saturated carbocycles. The normalized spacial score (nSPS) is 22.4. The third-order valence-electron chi connectivity index (χ3n) is 4.36. The van der Waals surface area contributed by atoms with Gasteiger partial charge >= 0.3 is 0 Å². The average Bonchev–Trinajstić information content (AvgIpc) is 2.52. The Bertz CT molecular complexity index is 619. The molecule has 0 aliphatic heterocycles. The fourth-order valence-corrected chi connectivity index (χ4v) is 3.87. The lowest BCUT2D eigenvalue weighted by Gasteiger charge is -2.30. The molecule has 1 fully saturated rings. The van der Waals surface area contributed by atoms with Gasteiger partial charge in [0.2, 0.25) is 0 Å². The number of alkyl halides is 1. The van der Waals surface area contributed by atoms with Crippen molar-refractivity contribution in [2.45, 2.75) is 25.7 Å². The minimum atomic E-state index is 0.642. The highest BCUT2D eigenvalue weighted by Crippen LogP contribution is 2.31. The van der Waals surface area contributed by atoms with E-state index in [0.717, 1.165) is 33.6 Å². The van der Waals surface area contributed by atoms with Crippen LogP contribution in [0.25, 0.3) is 11.0 Å². The number of nitrogens with zero attached hydrogens (tertiary/aromatic N) is 2. The molecule has 5 heteroatoms. The molecule has 1 N–H and O–H groups in total. The van der Waals surface area contributed by atoms with Crippen LogP contribution in [0, 0.1) is 11.8 Å². The molecule has 0 amide bonds. The maximum absolute atomic E-state index is 6.11. The largest absolute Gasteiger partial charge is 0.383 e. The monoisotopic (exact) mass is 367 g/mol. The fourth-order valence-electron chi connectivity index (χ4n) is 3.15. The number of rotatable bonds is 4. The van der Waals surface area contributed by atoms with Gasteiger partial charge in [-0.15, -0.1) is 11.6 Å². The van der Waals surface area contributed by atoms with E-state index in [0.29, 0.717) is 11.8 Å². The van der Waals surface area contributed by atoms with Crippen molar-refractivity contribution < 1.29 is 0 Å². The quantitative estimate of drug-likeness (QED) is 0.784. The number of hydrogen-bond acceptors (Lipinski definition) is 3. The minimum Gasteiger partial charge on any atom is -0.383 e. The molecule has 0 spiro atoms. The van der Waals surface area contributed by atoms with Crippen LogP contribution in [-0.4, -0.2) is 22.4 Å². The van der Waals surface area contributed by atoms with Crippen molar-refractivity contribution in [3.8, 4) is 0 Å². The number of nitrogens with one attached hydrogen (secondary N) is 1. The summed E-state index contributed by atoms with van der Waals surface area (Å²) < 4.78 is 0.953. The molecule has 3 nitrogen and oxygen atoms in total. The van der Waals surface area contributed by atoms with Gasteiger partial charge in [-0.05, 0) is 52.7 Å². The molecule has 21 heavy (non-hydrogen) atoms. The summed E-state index contributed by atoms with van der Waals surface area (Å²) >= 11 is 9.55. The van der Waals surface area contributed by atoms with Crippen molar-refractivity contribution in [3.05, 3.63) is 29.0 Å². The SMILES string of the molecule is ClCC1CCCCC1CNc1ccnc2cc(Br)cnc12. The van der Waals surface area contributed by atoms with Crippen LogP contribution >= 0.6 is 27.5 Å². The highest BCUT2D eigenvalue weighted by atomic mass is 79.9. The molecule has 2 aromatic heterocycles. The molecule has 0 saturated heterocycles. The second kappa shape index (κ2) is 6.93. The van der Waals surface area contributed by atoms with Crippen molar-refractivity contribution in [3.63, 3.8) is 0 Å². The zero-order valence-electron chi connectivity index (χ0n) is 11.9. The number of pyridine rings is 2. The van der Waals surface area contributed by atoms with Crippen LogP contribution in [0.5, 0.6) is 0 Å². The third kappa shape index (κ3) is 3.49. The van der Waals surface area contributed by atoms with E-state index in [1.165, 1.54) is 25.7 Å². The van der Waals surface area contributed by atoms with Gasteiger partial charge in [0.1, 0.15) is 5.52 Å². The fraction of sp³-hybridized carbons (Fsp3) is 0.500. The summed E-state index contributed by atoms with van der Waals surface area (Å²) in [4.78, 5) is 8.86. The summed E-state index contributed by atoms with van der Waals surface area (Å²) in [6.45, 7) is 0.967. The highest BCUT2D eigenvalue weighted by molar-refractivity contribution is 9.10. The van der Waals surface area contributed by atoms with Crippen LogP contribution in [-0.2, 0) is 0 Å². The molecule has 1 aliphatic carbocycles. The lowest BCUT2D eigenvalue weighted by atomic mass is 9.80. The molecular formula is C16H19BrClN3. The zero-order valence-corrected chi connectivity index (χ0v) is 14.2. The Kier molecular flexibility index (Phi) is 4.96. The van der Waals surface area contributed by atoms with Crippen LogP contribution in [0.1, 0.15) is 25.7 Å². The minimum absolute atomic E-state index is 0.642. The molecule has 2 heterocycles. The predicted molar refractivity (Wildman–Crippen MR) is 91.9 cm³/mol. The number of fused-ring (bicyclic) bond motifs is 1. The Balaban J connectivity index is 1.75. The summed E-state index contributed by atoms with van der Waals surface area (Å²) in [6, 6.07) is 4.00. The highest BCUT2D eigenvalue weighted by Gasteiger charge is 2.24. The Morgan fingerprint density at radius 1 is 1.24 bits per heavy atom. The maximum atomic E-state index is 6.11. The van der Waals surface area contributed by atoms with Gasteiger partial charge in [-0.25, -0.2) is 0 Å². The van der Waals surface area contributed by atoms with E-state index in [1.807, 2.05) is 24.5 Å². The zero-order chi connectivity index (χ0) is 14.7. The van der Waals surface area contributed by atoms with Crippen molar-refractivity contribution in [1.29, 1.82) is 0 Å². The summed E-state index contributed by atoms with van der Waals surface area (Å²) in [5.41, 5.74) is 2.90. The molecule has 0 aromatic carbocycles. The van der Waals surface area contributed by atoms with E-state index >= 15 is 0 Å². The average molecular weight is 369 g/mol. The number of hydrogen-bond donors (Lipinski definition) is 1. The molecule has 0 bridgehead atoms. The molecular weight excluding hydrogens is 350 g/mol. The third-order valence-corrected chi connectivity index (χ3v) is 5.19. The number of halogens is 2. The molecule has 2 atom stereocenters. The smallest absolute Gasteiger partial charge is 0.112 e. The van der Waals surface area contributed by atoms with Gasteiger partial charge in [-0.3, -0.25) is 9.97 Å². The summed E-state index contributed by atoms with van der Waals surface area (Å²) in [6.07, 6.45) is 8.82. The van der Waals surface area contributed by atoms with E-state index in [1.54, 1.807) is 0 Å². The van der Waals surface area contributed by atoms with Crippen LogP contribution in [0.3, 0.4) is 0 Å². The first-order valence-electron chi connectivity index (χ1n) is 7.48. The molecule has 0 radical (unpaired) electrons. The Labute approximate surface area is 138 Å². The first-order valence-corrected chi connectivity index (χ1v) is 8.81. The maximum Gasteiger partial charge on any atom is 0.112 e. The van der Waals surface area contributed by atoms with E-state index in [4.69, 9.17) is 11.6 Å². The predicted octanol–water partition coefficient (Wildman–Crippen LogP) is 4.85. The lowest BCUT2D eigenvalue weighted by Crippen LogP contribution is -2.27. The van der Waals surface area contributed by atoms with Crippen LogP contribution in [0.4, 0.5) is 5.69 Å². The first kappa shape index (κ1) is 15.0. The van der Waals surface area contributed by atoms with Gasteiger partial charge in [0, 0.05) is 29.3 Å². The van der Waals surface area contributed by atoms with Gasteiger partial charge in [0.05, 0.1) is 11.2 Å². The standard InChI is InChI=1S/C16H19BrClN3/c17-13-7-15-16(21-10-13)14(5-6-19-15)20-9-12-4-2-1-3-11(12)8-18/h5-7,10-12H,1-4,8-9H2,(H,19,20). The number of anilines is 1. The van der Waals surface area contributed by atoms with Crippen LogP contribution < -0.4 is 5.32 Å². The molecule has 2 unspecified atom stereocenters. The lowest BCUT2D eigenvalue weighted by molar-refractivity contribution is 0.272. The van der Waals surface area contributed by atoms with Crippen molar-refractivity contribution >= 4 is 44.3 Å². The Hall–Kier alpha value is -0.870. The Morgan fingerprint density at radius 2 is 2.05 bits per heavy atom. The van der Waals surface area contributed by atoms with Gasteiger partial charge in [-0.1, -0.05) is 12.8 Å². The van der Waals surface area contributed by atoms with Gasteiger partial charge in [-0.2, -0.15) is 0 Å². The molecule has 2 aromatic rings. The number of aromatic nitrogens is 2. The second-order valence-electron chi connectivity index (χ2n) is 5.72. The molecule has 3 rings (SSSR count). The molecule has 1 aliphatic rings. The van der Waals surface area contributed by atoms with Crippen LogP contribution in [0.15, 0.2) is 29.0 Å². The Morgan fingerprint density at radius 3 is 2.86 bits per heavy atom. The van der Waals surface area contributed by atoms with E-state index < -0.39 is 0 Å². The summed E-state index contributed by atoms with van der Waals surface area (Å²) in [5, 5.41) is 3.56. The van der Waals surface area contributed by atoms with Gasteiger partial charge in [0.15, 0.2) is 0 Å². The van der Waals surface area contributed by atoms with Crippen LogP contribution in [0.2, 0.25) is 0 Å². The topological polar surface area (TPSA) is 37.8 Å². The summed E-state index contributed by atoms with van der Waals surface area (Å²) in [7, 11) is 0. The van der Waals surface area contributed by atoms with E-state index in [9.17, 15) is 0 Å². The van der Waals surface area contributed by atoms with Crippen molar-refractivity contribution in [2.24, 2.45) is 11.8 Å². The second-order valence-corrected chi connectivity index (χ2v) is 6.94. The summed E-state index contributed by atoms with van der Waals surface area (Å²) in [5.74, 6) is 2.08. The van der Waals surface area contributed by atoms with E-state index in [2.05, 4.69) is 31.2 Å².